The van der Waals surface area contributed by atoms with E-state index in [0.717, 1.165) is 23.6 Å². The predicted octanol–water partition coefficient (Wildman–Crippen LogP) is 7.09. The molecule has 0 N–H and O–H groups in total. The SMILES string of the molecule is CCn1cc(-c2c(F)cccc2[C@@H]2CN(C(=O)/C=C/[C@@H]3C[C@H]4C[C@H]4N3C(=O)OC(C)(C)C)Cc3sc(C#N)cc32)c(C(F)(F)F)n1. The van der Waals surface area contributed by atoms with Crippen molar-refractivity contribution in [3.05, 3.63) is 75.0 Å². The van der Waals surface area contributed by atoms with Gasteiger partial charge in [-0.25, -0.2) is 9.18 Å². The number of thiophene rings is 1. The number of hydrogen-bond donors (Lipinski definition) is 0. The molecule has 4 atom stereocenters. The van der Waals surface area contributed by atoms with Crippen LogP contribution in [0.1, 0.15) is 73.0 Å². The van der Waals surface area contributed by atoms with Gasteiger partial charge in [0.1, 0.15) is 22.4 Å². The van der Waals surface area contributed by atoms with E-state index in [9.17, 15) is 28.0 Å². The van der Waals surface area contributed by atoms with Crippen LogP contribution >= 0.6 is 11.3 Å². The zero-order valence-corrected chi connectivity index (χ0v) is 26.6. The van der Waals surface area contributed by atoms with E-state index in [1.54, 1.807) is 55.7 Å². The number of benzene rings is 1. The molecule has 3 aromatic rings. The number of aromatic nitrogens is 2. The van der Waals surface area contributed by atoms with Crippen LogP contribution in [0, 0.1) is 23.1 Å². The van der Waals surface area contributed by atoms with Gasteiger partial charge in [0.15, 0.2) is 5.69 Å². The fourth-order valence-electron chi connectivity index (χ4n) is 6.55. The molecule has 1 aromatic carbocycles. The second-order valence-electron chi connectivity index (χ2n) is 12.9. The van der Waals surface area contributed by atoms with Crippen LogP contribution in [-0.2, 0) is 28.8 Å². The molecule has 1 saturated carbocycles. The molecule has 0 spiro atoms. The quantitative estimate of drug-likeness (QED) is 0.216. The Morgan fingerprint density at radius 1 is 1.20 bits per heavy atom. The number of ether oxygens (including phenoxy) is 1. The number of alkyl halides is 3. The van der Waals surface area contributed by atoms with Crippen molar-refractivity contribution < 1.29 is 31.9 Å². The van der Waals surface area contributed by atoms with Gasteiger partial charge in [-0.15, -0.1) is 11.3 Å². The minimum Gasteiger partial charge on any atom is -0.444 e. The molecule has 0 radical (unpaired) electrons. The molecule has 0 unspecified atom stereocenters. The number of piperidine rings is 1. The standard InChI is InChI=1S/C33H33F4N5O3S/c1-5-41-16-24(30(39-41)33(35,36)37)29-21(7-6-8-25(29)34)23-15-40(17-27-22(23)13-20(14-38)46-27)28(43)10-9-19-11-18-12-26(18)42(19)31(44)45-32(2,3)4/h6-10,13,16,18-19,23,26H,5,11-12,15,17H2,1-4H3/b10-9+/t18-,19+,23-,26+/m0/s1. The van der Waals surface area contributed by atoms with Gasteiger partial charge in [-0.3, -0.25) is 14.4 Å². The largest absolute Gasteiger partial charge is 0.444 e. The maximum absolute atomic E-state index is 15.6. The van der Waals surface area contributed by atoms with Gasteiger partial charge in [-0.2, -0.15) is 23.5 Å². The van der Waals surface area contributed by atoms with Gasteiger partial charge in [0.2, 0.25) is 5.91 Å². The highest BCUT2D eigenvalue weighted by molar-refractivity contribution is 7.12. The Bertz CT molecular complexity index is 1770. The van der Waals surface area contributed by atoms with Crippen molar-refractivity contribution in [2.45, 2.75) is 83.4 Å². The van der Waals surface area contributed by atoms with Gasteiger partial charge in [-0.1, -0.05) is 18.2 Å². The minimum atomic E-state index is -4.83. The van der Waals surface area contributed by atoms with Gasteiger partial charge in [0.05, 0.1) is 12.6 Å². The minimum absolute atomic E-state index is 0.0448. The fourth-order valence-corrected chi connectivity index (χ4v) is 7.59. The summed E-state index contributed by atoms with van der Waals surface area (Å²) in [7, 11) is 0. The number of carbonyl (C=O) groups excluding carboxylic acids is 2. The van der Waals surface area contributed by atoms with Crippen LogP contribution in [0.3, 0.4) is 0 Å². The molecular weight excluding hydrogens is 622 g/mol. The number of amides is 2. The van der Waals surface area contributed by atoms with Crippen LogP contribution in [0.25, 0.3) is 11.1 Å². The molecule has 13 heteroatoms. The molecule has 3 aliphatic rings. The van der Waals surface area contributed by atoms with Gasteiger partial charge in [0.25, 0.3) is 0 Å². The van der Waals surface area contributed by atoms with Crippen LogP contribution < -0.4 is 0 Å². The first-order valence-corrected chi connectivity index (χ1v) is 15.9. The van der Waals surface area contributed by atoms with Crippen molar-refractivity contribution in [2.75, 3.05) is 6.54 Å². The van der Waals surface area contributed by atoms with Gasteiger partial charge < -0.3 is 9.64 Å². The van der Waals surface area contributed by atoms with Crippen LogP contribution in [0.15, 0.2) is 42.6 Å². The normalized spacial score (nSPS) is 22.5. The van der Waals surface area contributed by atoms with E-state index in [1.807, 2.05) is 0 Å². The van der Waals surface area contributed by atoms with E-state index in [0.29, 0.717) is 21.2 Å². The number of fused-ring (bicyclic) bond motifs is 2. The van der Waals surface area contributed by atoms with Crippen molar-refractivity contribution in [1.82, 2.24) is 19.6 Å². The number of halogens is 4. The number of likely N-dealkylation sites (tertiary alicyclic amines) is 1. The lowest BCUT2D eigenvalue weighted by Crippen LogP contribution is -2.41. The third-order valence-electron chi connectivity index (χ3n) is 8.63. The van der Waals surface area contributed by atoms with Crippen molar-refractivity contribution >= 4 is 23.3 Å². The van der Waals surface area contributed by atoms with Crippen molar-refractivity contribution in [2.24, 2.45) is 5.92 Å². The maximum Gasteiger partial charge on any atom is 0.435 e. The number of carbonyl (C=O) groups is 2. The summed E-state index contributed by atoms with van der Waals surface area (Å²) in [6.07, 6.45) is 0.690. The summed E-state index contributed by atoms with van der Waals surface area (Å²) in [6.45, 7) is 7.41. The third-order valence-corrected chi connectivity index (χ3v) is 9.67. The molecule has 1 saturated heterocycles. The molecule has 2 amide bonds. The van der Waals surface area contributed by atoms with E-state index in [-0.39, 0.29) is 54.3 Å². The zero-order valence-electron chi connectivity index (χ0n) is 25.8. The molecule has 46 heavy (non-hydrogen) atoms. The highest BCUT2D eigenvalue weighted by atomic mass is 32.1. The van der Waals surface area contributed by atoms with Crippen molar-refractivity contribution in [3.8, 4) is 17.2 Å². The second-order valence-corrected chi connectivity index (χ2v) is 14.1. The summed E-state index contributed by atoms with van der Waals surface area (Å²) < 4.78 is 64.7. The Kier molecular flexibility index (Phi) is 7.99. The fraction of sp³-hybridized carbons (Fsp3) is 0.455. The first-order chi connectivity index (χ1) is 21.7. The van der Waals surface area contributed by atoms with E-state index in [1.165, 1.54) is 29.7 Å². The summed E-state index contributed by atoms with van der Waals surface area (Å²) in [6, 6.07) is 7.66. The number of rotatable bonds is 5. The van der Waals surface area contributed by atoms with Crippen LogP contribution in [0.4, 0.5) is 22.4 Å². The van der Waals surface area contributed by atoms with Crippen molar-refractivity contribution in [1.29, 1.82) is 5.26 Å². The maximum atomic E-state index is 15.6. The Labute approximate surface area is 267 Å². The molecule has 8 nitrogen and oxygen atoms in total. The Balaban J connectivity index is 1.34. The highest BCUT2D eigenvalue weighted by Gasteiger charge is 2.54. The first-order valence-electron chi connectivity index (χ1n) is 15.1. The number of hydrogen-bond acceptors (Lipinski definition) is 6. The molecule has 6 rings (SSSR count). The average molecular weight is 656 g/mol. The average Bonchev–Trinajstić information content (AvgIpc) is 3.32. The van der Waals surface area contributed by atoms with Gasteiger partial charge in [0, 0.05) is 53.3 Å². The third kappa shape index (κ3) is 6.02. The molecule has 242 valence electrons. The molecular formula is C33H33F4N5O3S. The zero-order chi connectivity index (χ0) is 33.1. The molecule has 2 aliphatic heterocycles. The molecule has 0 bridgehead atoms. The summed E-state index contributed by atoms with van der Waals surface area (Å²) in [4.78, 5) is 30.9. The summed E-state index contributed by atoms with van der Waals surface area (Å²) in [5.41, 5.74) is -1.55. The summed E-state index contributed by atoms with van der Waals surface area (Å²) >= 11 is 1.20. The van der Waals surface area contributed by atoms with E-state index in [2.05, 4.69) is 11.2 Å². The lowest BCUT2D eigenvalue weighted by molar-refractivity contribution is -0.141. The number of nitrogens with zero attached hydrogens (tertiary/aromatic N) is 5. The van der Waals surface area contributed by atoms with Crippen LogP contribution in [0.5, 0.6) is 0 Å². The lowest BCUT2D eigenvalue weighted by atomic mass is 9.83. The smallest absolute Gasteiger partial charge is 0.435 e. The summed E-state index contributed by atoms with van der Waals surface area (Å²) in [5, 5.41) is 13.3. The second kappa shape index (κ2) is 11.6. The number of nitriles is 1. The van der Waals surface area contributed by atoms with Crippen LogP contribution in [-0.4, -0.2) is 55.8 Å². The Hall–Kier alpha value is -4.18. The van der Waals surface area contributed by atoms with Crippen LogP contribution in [0.2, 0.25) is 0 Å². The molecule has 2 aromatic heterocycles. The van der Waals surface area contributed by atoms with Gasteiger partial charge >= 0.3 is 12.3 Å². The Morgan fingerprint density at radius 2 is 1.96 bits per heavy atom. The van der Waals surface area contributed by atoms with E-state index < -0.39 is 35.3 Å². The topological polar surface area (TPSA) is 91.5 Å². The number of aryl methyl sites for hydroxylation is 1. The Morgan fingerprint density at radius 3 is 2.63 bits per heavy atom. The van der Waals surface area contributed by atoms with Crippen molar-refractivity contribution in [3.63, 3.8) is 0 Å². The summed E-state index contributed by atoms with van der Waals surface area (Å²) in [5.74, 6) is -1.56. The predicted molar refractivity (Wildman–Crippen MR) is 162 cm³/mol. The molecule has 2 fully saturated rings. The molecule has 4 heterocycles. The molecule has 1 aliphatic carbocycles. The first kappa shape index (κ1) is 31.8. The monoisotopic (exact) mass is 655 g/mol. The van der Waals surface area contributed by atoms with Gasteiger partial charge in [-0.05, 0) is 69.7 Å². The highest BCUT2D eigenvalue weighted by Crippen LogP contribution is 2.49. The van der Waals surface area contributed by atoms with E-state index in [4.69, 9.17) is 4.74 Å². The lowest BCUT2D eigenvalue weighted by Gasteiger charge is -2.34. The van der Waals surface area contributed by atoms with E-state index >= 15 is 4.39 Å².